The molecule has 9 nitrogen and oxygen atoms in total. The molecule has 260 valence electrons. The average Bonchev–Trinajstić information content (AvgIpc) is 3.45. The topological polar surface area (TPSA) is 148 Å². The van der Waals surface area contributed by atoms with Crippen molar-refractivity contribution in [3.63, 3.8) is 0 Å². The van der Waals surface area contributed by atoms with Crippen LogP contribution < -0.4 is 16.8 Å². The van der Waals surface area contributed by atoms with Crippen LogP contribution in [-0.2, 0) is 16.0 Å². The number of halogens is 4. The number of nitrogens with one attached hydrogen (secondary N) is 2. The number of amides is 1. The SMILES string of the molecule is Cc1nc(C(=O)CC(C)C(F)(F)F)ccc1-c1ccc(C[C@H](CC(=O)C2CCC(CN)CC2)C(=O)Nc2cc(Cl)c3oc(=O)[nH]c3c2)cc1. The van der Waals surface area contributed by atoms with Gasteiger partial charge in [0.05, 0.1) is 16.5 Å². The molecule has 2 heterocycles. The first-order chi connectivity index (χ1) is 23.2. The number of H-pyrrole nitrogens is 1. The first-order valence-corrected chi connectivity index (χ1v) is 16.6. The summed E-state index contributed by atoms with van der Waals surface area (Å²) in [4.78, 5) is 58.1. The number of fused-ring (bicyclic) bond motifs is 1. The van der Waals surface area contributed by atoms with Crippen LogP contribution in [0.15, 0.2) is 57.7 Å². The van der Waals surface area contributed by atoms with Crippen molar-refractivity contribution >= 4 is 45.9 Å². The first-order valence-electron chi connectivity index (χ1n) is 16.2. The largest absolute Gasteiger partial charge is 0.417 e. The van der Waals surface area contributed by atoms with E-state index in [0.717, 1.165) is 43.7 Å². The molecule has 1 unspecified atom stereocenters. The van der Waals surface area contributed by atoms with E-state index in [2.05, 4.69) is 15.3 Å². The van der Waals surface area contributed by atoms with Crippen LogP contribution in [0.25, 0.3) is 22.2 Å². The number of hydrogen-bond donors (Lipinski definition) is 3. The van der Waals surface area contributed by atoms with Crippen LogP contribution in [0.4, 0.5) is 18.9 Å². The average molecular weight is 699 g/mol. The molecular formula is C36H38ClF3N4O5. The number of aromatic amines is 1. The molecule has 49 heavy (non-hydrogen) atoms. The zero-order chi connectivity index (χ0) is 35.5. The minimum absolute atomic E-state index is 0.0245. The molecule has 1 fully saturated rings. The summed E-state index contributed by atoms with van der Waals surface area (Å²) in [6.07, 6.45) is -1.61. The van der Waals surface area contributed by atoms with Crippen LogP contribution in [0, 0.1) is 30.6 Å². The highest BCUT2D eigenvalue weighted by atomic mass is 35.5. The van der Waals surface area contributed by atoms with Gasteiger partial charge in [0.2, 0.25) is 5.91 Å². The number of aryl methyl sites for hydroxylation is 1. The van der Waals surface area contributed by atoms with Gasteiger partial charge in [-0.15, -0.1) is 0 Å². The van der Waals surface area contributed by atoms with Crippen molar-refractivity contribution < 1.29 is 32.0 Å². The highest BCUT2D eigenvalue weighted by molar-refractivity contribution is 6.35. The lowest BCUT2D eigenvalue weighted by atomic mass is 9.77. The van der Waals surface area contributed by atoms with E-state index in [1.165, 1.54) is 18.2 Å². The third kappa shape index (κ3) is 8.85. The van der Waals surface area contributed by atoms with Gasteiger partial charge in [-0.2, -0.15) is 13.2 Å². The Morgan fingerprint density at radius 1 is 1.06 bits per heavy atom. The number of aromatic nitrogens is 2. The van der Waals surface area contributed by atoms with Crippen molar-refractivity contribution in [3.05, 3.63) is 81.1 Å². The van der Waals surface area contributed by atoms with Gasteiger partial charge in [-0.1, -0.05) is 48.9 Å². The van der Waals surface area contributed by atoms with Crippen LogP contribution >= 0.6 is 11.6 Å². The van der Waals surface area contributed by atoms with Gasteiger partial charge in [-0.25, -0.2) is 9.78 Å². The van der Waals surface area contributed by atoms with Crippen molar-refractivity contribution in [3.8, 4) is 11.1 Å². The fourth-order valence-corrected chi connectivity index (χ4v) is 6.60. The molecule has 13 heteroatoms. The molecule has 0 aliphatic heterocycles. The predicted octanol–water partition coefficient (Wildman–Crippen LogP) is 7.44. The number of nitrogens with zero attached hydrogens (tertiary/aromatic N) is 1. The van der Waals surface area contributed by atoms with Crippen LogP contribution in [0.2, 0.25) is 5.02 Å². The second kappa shape index (κ2) is 15.1. The normalized spacial score (nSPS) is 17.9. The van der Waals surface area contributed by atoms with Crippen molar-refractivity contribution in [2.75, 3.05) is 11.9 Å². The van der Waals surface area contributed by atoms with Crippen molar-refractivity contribution in [1.82, 2.24) is 9.97 Å². The van der Waals surface area contributed by atoms with E-state index < -0.39 is 36.0 Å². The molecule has 0 saturated heterocycles. The number of benzene rings is 2. The monoisotopic (exact) mass is 698 g/mol. The number of oxazole rings is 1. The lowest BCUT2D eigenvalue weighted by Crippen LogP contribution is -2.31. The van der Waals surface area contributed by atoms with E-state index in [0.29, 0.717) is 34.9 Å². The van der Waals surface area contributed by atoms with Gasteiger partial charge in [0, 0.05) is 41.6 Å². The van der Waals surface area contributed by atoms with Gasteiger partial charge in [-0.3, -0.25) is 19.4 Å². The van der Waals surface area contributed by atoms with Crippen LogP contribution in [0.5, 0.6) is 0 Å². The minimum atomic E-state index is -4.47. The maximum atomic E-state index is 13.7. The molecule has 1 amide bonds. The second-order valence-corrected chi connectivity index (χ2v) is 13.4. The molecule has 4 N–H and O–H groups in total. The molecule has 0 radical (unpaired) electrons. The number of anilines is 1. The zero-order valence-electron chi connectivity index (χ0n) is 27.2. The van der Waals surface area contributed by atoms with E-state index in [1.54, 1.807) is 13.0 Å². The fraction of sp³-hybridized carbons (Fsp3) is 0.417. The predicted molar refractivity (Wildman–Crippen MR) is 180 cm³/mol. The van der Waals surface area contributed by atoms with E-state index >= 15 is 0 Å². The molecule has 1 aliphatic carbocycles. The third-order valence-electron chi connectivity index (χ3n) is 9.37. The lowest BCUT2D eigenvalue weighted by molar-refractivity contribution is -0.168. The molecule has 2 aromatic carbocycles. The summed E-state index contributed by atoms with van der Waals surface area (Å²) in [5, 5.41) is 3.00. The molecule has 5 rings (SSSR count). The number of Topliss-reactive ketones (excluding diaryl/α,β-unsaturated/α-hetero) is 2. The summed E-state index contributed by atoms with van der Waals surface area (Å²) in [6, 6.07) is 13.5. The Morgan fingerprint density at radius 3 is 2.39 bits per heavy atom. The van der Waals surface area contributed by atoms with Gasteiger partial charge in [0.1, 0.15) is 11.5 Å². The zero-order valence-corrected chi connectivity index (χ0v) is 27.9. The molecule has 1 aliphatic rings. The molecular weight excluding hydrogens is 661 g/mol. The Hall–Kier alpha value is -4.29. The Bertz CT molecular complexity index is 1900. The number of pyridine rings is 1. The molecule has 0 spiro atoms. The number of ketones is 2. The van der Waals surface area contributed by atoms with E-state index in [1.807, 2.05) is 24.3 Å². The van der Waals surface area contributed by atoms with Gasteiger partial charge in [-0.05, 0) is 80.8 Å². The van der Waals surface area contributed by atoms with Crippen molar-refractivity contribution in [1.29, 1.82) is 0 Å². The van der Waals surface area contributed by atoms with E-state index in [9.17, 15) is 32.3 Å². The smallest absolute Gasteiger partial charge is 0.406 e. The Kier molecular flexibility index (Phi) is 11.1. The first kappa shape index (κ1) is 36.0. The van der Waals surface area contributed by atoms with Gasteiger partial charge in [0.15, 0.2) is 11.4 Å². The molecule has 2 aromatic heterocycles. The summed E-state index contributed by atoms with van der Waals surface area (Å²) in [5.74, 6) is -3.92. The summed E-state index contributed by atoms with van der Waals surface area (Å²) >= 11 is 6.29. The number of carbonyl (C=O) groups is 3. The Balaban J connectivity index is 1.33. The quantitative estimate of drug-likeness (QED) is 0.130. The Labute approximate surface area is 285 Å². The number of alkyl halides is 3. The number of carbonyl (C=O) groups excluding carboxylic acids is 3. The maximum absolute atomic E-state index is 13.7. The van der Waals surface area contributed by atoms with Gasteiger partial charge in [0.25, 0.3) is 0 Å². The Morgan fingerprint density at radius 2 is 1.76 bits per heavy atom. The minimum Gasteiger partial charge on any atom is -0.406 e. The summed E-state index contributed by atoms with van der Waals surface area (Å²) in [5.41, 5.74) is 9.40. The van der Waals surface area contributed by atoms with Crippen LogP contribution in [0.3, 0.4) is 0 Å². The summed E-state index contributed by atoms with van der Waals surface area (Å²) in [7, 11) is 0. The van der Waals surface area contributed by atoms with Gasteiger partial charge >= 0.3 is 11.9 Å². The highest BCUT2D eigenvalue weighted by Gasteiger charge is 2.37. The molecule has 0 bridgehead atoms. The molecule has 1 saturated carbocycles. The standard InChI is InChI=1S/C36H38ClF3N4O5/c1-19(36(38,39)40)13-32(46)29-12-11-27(20(2)42-29)23-7-3-21(4-8-23)14-25(15-31(45)24-9-5-22(18-41)6-10-24)34(47)43-26-16-28(37)33-30(17-26)44-35(48)49-33/h3-4,7-8,11-12,16-17,19,22,24-25H,5-6,9-10,13-15,18,41H2,1-2H3,(H,43,47)(H,44,48)/t19?,22?,24?,25-/m1/s1. The molecule has 4 aromatic rings. The van der Waals surface area contributed by atoms with Gasteiger partial charge < -0.3 is 15.5 Å². The summed E-state index contributed by atoms with van der Waals surface area (Å²) < 4.78 is 43.9. The van der Waals surface area contributed by atoms with E-state index in [4.69, 9.17) is 21.8 Å². The van der Waals surface area contributed by atoms with Crippen LogP contribution in [-0.4, -0.2) is 40.2 Å². The summed E-state index contributed by atoms with van der Waals surface area (Å²) in [6.45, 7) is 3.25. The van der Waals surface area contributed by atoms with Crippen LogP contribution in [0.1, 0.15) is 67.2 Å². The highest BCUT2D eigenvalue weighted by Crippen LogP contribution is 2.33. The molecule has 2 atom stereocenters. The number of rotatable bonds is 12. The maximum Gasteiger partial charge on any atom is 0.417 e. The van der Waals surface area contributed by atoms with Crippen molar-refractivity contribution in [2.45, 2.75) is 65.0 Å². The lowest BCUT2D eigenvalue weighted by Gasteiger charge is -2.27. The second-order valence-electron chi connectivity index (χ2n) is 13.0. The van der Waals surface area contributed by atoms with Crippen molar-refractivity contribution in [2.24, 2.45) is 29.4 Å². The van der Waals surface area contributed by atoms with E-state index in [-0.39, 0.29) is 46.7 Å². The third-order valence-corrected chi connectivity index (χ3v) is 9.65. The number of nitrogens with two attached hydrogens (primary N) is 1. The number of hydrogen-bond acceptors (Lipinski definition) is 7. The fourth-order valence-electron chi connectivity index (χ4n) is 6.35.